The Morgan fingerprint density at radius 3 is 2.35 bits per heavy atom. The molecule has 3 aromatic carbocycles. The van der Waals surface area contributed by atoms with Gasteiger partial charge in [0.25, 0.3) is 0 Å². The Hall–Kier alpha value is -2.02. The van der Waals surface area contributed by atoms with Crippen LogP contribution in [0.4, 0.5) is 0 Å². The first-order valence-electron chi connectivity index (χ1n) is 13.8. The summed E-state index contributed by atoms with van der Waals surface area (Å²) in [6, 6.07) is 26.1. The second-order valence-corrected chi connectivity index (χ2v) is 14.3. The molecule has 0 atom stereocenters. The summed E-state index contributed by atoms with van der Waals surface area (Å²) in [7, 11) is 0. The predicted molar refractivity (Wildman–Crippen MR) is 197 cm³/mol. The predicted octanol–water partition coefficient (Wildman–Crippen LogP) is 10.8. The van der Waals surface area contributed by atoms with Crippen LogP contribution >= 0.6 is 60.6 Å². The number of rotatable bonds is 9. The standard InChI is InChI=1S/C34H35ClN2O3S.I2/c1-33(2,3)41-31-27-18-26(40-21-25-15-12-23-8-6-7-9-28(23)36-25)16-17-29(27)37(20-22-10-13-24(35)14-11-22)30(31)19-34(4,5)32(38)39;1-2/h6-18H,19-21H2,1-5H3,(H,38,39);. The van der Waals surface area contributed by atoms with Crippen LogP contribution < -0.4 is 4.74 Å². The van der Waals surface area contributed by atoms with Gasteiger partial charge in [-0.2, -0.15) is 0 Å². The van der Waals surface area contributed by atoms with E-state index in [9.17, 15) is 9.90 Å². The average molecular weight is 841 g/mol. The quantitative estimate of drug-likeness (QED) is 0.118. The largest absolute Gasteiger partial charge is 0.487 e. The van der Waals surface area contributed by atoms with Gasteiger partial charge >= 0.3 is 5.97 Å². The Morgan fingerprint density at radius 2 is 1.67 bits per heavy atom. The number of carbonyl (C=O) groups is 1. The SMILES string of the molecule is CC(C)(C)Sc1c(CC(C)(C)C(=O)O)n(Cc2ccc(Cl)cc2)c2ccc(OCc3ccc4ccccc4n3)cc12.II. The Bertz CT molecular complexity index is 1730. The number of benzene rings is 3. The van der Waals surface area contributed by atoms with Crippen LogP contribution in [0.2, 0.25) is 5.02 Å². The summed E-state index contributed by atoms with van der Waals surface area (Å²) in [6.45, 7) is 11.1. The Balaban J connectivity index is 0.00000207. The summed E-state index contributed by atoms with van der Waals surface area (Å²) in [4.78, 5) is 18.1. The number of carboxylic acids is 1. The van der Waals surface area contributed by atoms with E-state index in [2.05, 4.69) is 80.8 Å². The molecule has 0 aliphatic carbocycles. The third kappa shape index (κ3) is 8.58. The highest BCUT2D eigenvalue weighted by Gasteiger charge is 2.32. The van der Waals surface area contributed by atoms with Crippen molar-refractivity contribution in [3.8, 4) is 5.75 Å². The van der Waals surface area contributed by atoms with Gasteiger partial charge in [0.15, 0.2) is 0 Å². The number of aromatic nitrogens is 2. The summed E-state index contributed by atoms with van der Waals surface area (Å²) in [6.07, 6.45) is 0.389. The first kappa shape index (κ1) is 33.9. The first-order chi connectivity index (χ1) is 20.4. The van der Waals surface area contributed by atoms with Gasteiger partial charge in [0.05, 0.1) is 16.6 Å². The molecule has 2 aromatic heterocycles. The van der Waals surface area contributed by atoms with Crippen molar-refractivity contribution in [1.82, 2.24) is 9.55 Å². The second kappa shape index (κ2) is 14.4. The van der Waals surface area contributed by atoms with E-state index in [0.717, 1.165) is 49.4 Å². The van der Waals surface area contributed by atoms with Gasteiger partial charge in [0.1, 0.15) is 12.4 Å². The van der Waals surface area contributed by atoms with Gasteiger partial charge in [-0.25, -0.2) is 4.98 Å². The number of fused-ring (bicyclic) bond motifs is 2. The molecule has 0 saturated heterocycles. The van der Waals surface area contributed by atoms with Crippen LogP contribution in [0.5, 0.6) is 5.75 Å². The molecule has 0 amide bonds. The van der Waals surface area contributed by atoms with E-state index in [1.165, 1.54) is 0 Å². The lowest BCUT2D eigenvalue weighted by molar-refractivity contribution is -0.146. The van der Waals surface area contributed by atoms with E-state index in [4.69, 9.17) is 21.3 Å². The molecule has 226 valence electrons. The summed E-state index contributed by atoms with van der Waals surface area (Å²) in [5, 5.41) is 12.9. The molecule has 0 radical (unpaired) electrons. The molecule has 1 N–H and O–H groups in total. The van der Waals surface area contributed by atoms with E-state index >= 15 is 0 Å². The van der Waals surface area contributed by atoms with Crippen LogP contribution in [0, 0.1) is 5.41 Å². The highest BCUT2D eigenvalue weighted by atomic mass is 128. The van der Waals surface area contributed by atoms with Gasteiger partial charge in [-0.3, -0.25) is 4.79 Å². The summed E-state index contributed by atoms with van der Waals surface area (Å²) in [5.74, 6) is -0.0738. The normalized spacial score (nSPS) is 11.8. The lowest BCUT2D eigenvalue weighted by atomic mass is 9.88. The molecule has 43 heavy (non-hydrogen) atoms. The molecule has 0 unspecified atom stereocenters. The van der Waals surface area contributed by atoms with Crippen LogP contribution in [0.15, 0.2) is 83.8 Å². The third-order valence-electron chi connectivity index (χ3n) is 6.98. The van der Waals surface area contributed by atoms with E-state index in [-0.39, 0.29) is 4.75 Å². The highest BCUT2D eigenvalue weighted by molar-refractivity contribution is 15.0. The van der Waals surface area contributed by atoms with Crippen LogP contribution in [0.3, 0.4) is 0 Å². The molecule has 0 fully saturated rings. The fourth-order valence-electron chi connectivity index (χ4n) is 4.83. The van der Waals surface area contributed by atoms with Crippen LogP contribution in [0.25, 0.3) is 21.8 Å². The van der Waals surface area contributed by atoms with Crippen LogP contribution in [-0.4, -0.2) is 25.4 Å². The molecule has 0 bridgehead atoms. The smallest absolute Gasteiger partial charge is 0.309 e. The van der Waals surface area contributed by atoms with Gasteiger partial charge < -0.3 is 14.4 Å². The van der Waals surface area contributed by atoms with Crippen molar-refractivity contribution in [2.45, 2.75) is 63.8 Å². The van der Waals surface area contributed by atoms with E-state index in [1.807, 2.05) is 60.7 Å². The maximum Gasteiger partial charge on any atom is 0.309 e. The number of carboxylic acid groups (broad SMARTS) is 1. The summed E-state index contributed by atoms with van der Waals surface area (Å²) in [5.41, 5.74) is 4.00. The van der Waals surface area contributed by atoms with E-state index in [0.29, 0.717) is 24.6 Å². The van der Waals surface area contributed by atoms with Crippen molar-refractivity contribution in [3.05, 3.63) is 101 Å². The molecular weight excluding hydrogens is 806 g/mol. The molecule has 0 aliphatic rings. The molecule has 5 nitrogen and oxygen atoms in total. The van der Waals surface area contributed by atoms with Crippen molar-refractivity contribution >= 4 is 88.4 Å². The highest BCUT2D eigenvalue weighted by Crippen LogP contribution is 2.44. The number of aliphatic carboxylic acids is 1. The Kier molecular flexibility index (Phi) is 11.3. The Morgan fingerprint density at radius 1 is 0.977 bits per heavy atom. The topological polar surface area (TPSA) is 64.3 Å². The number of ether oxygens (including phenoxy) is 1. The number of halogens is 3. The second-order valence-electron chi connectivity index (χ2n) is 12.0. The molecule has 9 heteroatoms. The number of thioether (sulfide) groups is 1. The number of hydrogen-bond acceptors (Lipinski definition) is 4. The number of hydrogen-bond donors (Lipinski definition) is 1. The first-order valence-corrected chi connectivity index (χ1v) is 21.3. The molecule has 5 rings (SSSR count). The van der Waals surface area contributed by atoms with Gasteiger partial charge in [-0.15, -0.1) is 11.8 Å². The number of nitrogens with zero attached hydrogens (tertiary/aromatic N) is 2. The molecule has 0 spiro atoms. The monoisotopic (exact) mass is 840 g/mol. The average Bonchev–Trinajstić information content (AvgIpc) is 3.23. The van der Waals surface area contributed by atoms with Crippen molar-refractivity contribution in [2.24, 2.45) is 5.41 Å². The van der Waals surface area contributed by atoms with Gasteiger partial charge in [0.2, 0.25) is 0 Å². The minimum atomic E-state index is -0.944. The zero-order chi connectivity index (χ0) is 31.4. The summed E-state index contributed by atoms with van der Waals surface area (Å²) >= 11 is 12.2. The molecule has 5 aromatic rings. The molecule has 2 heterocycles. The zero-order valence-electron chi connectivity index (χ0n) is 24.8. The van der Waals surface area contributed by atoms with Crippen molar-refractivity contribution in [2.75, 3.05) is 0 Å². The lowest BCUT2D eigenvalue weighted by Gasteiger charge is -2.24. The van der Waals surface area contributed by atoms with Crippen LogP contribution in [-0.2, 0) is 24.4 Å². The molecule has 0 saturated carbocycles. The van der Waals surface area contributed by atoms with Gasteiger partial charge in [-0.05, 0) is 61.9 Å². The van der Waals surface area contributed by atoms with Crippen molar-refractivity contribution < 1.29 is 14.6 Å². The van der Waals surface area contributed by atoms with E-state index in [1.54, 1.807) is 25.6 Å². The van der Waals surface area contributed by atoms with Crippen molar-refractivity contribution in [1.29, 1.82) is 0 Å². The fourth-order valence-corrected chi connectivity index (χ4v) is 6.15. The number of pyridine rings is 1. The van der Waals surface area contributed by atoms with Crippen molar-refractivity contribution in [3.63, 3.8) is 0 Å². The third-order valence-corrected chi connectivity index (χ3v) is 8.51. The zero-order valence-corrected chi connectivity index (χ0v) is 30.7. The van der Waals surface area contributed by atoms with Gasteiger partial charge in [0, 0.05) is 86.8 Å². The maximum atomic E-state index is 12.2. The summed E-state index contributed by atoms with van der Waals surface area (Å²) < 4.78 is 8.43. The molecular formula is C34H35ClI2N2O3S. The van der Waals surface area contributed by atoms with Gasteiger partial charge in [-0.1, -0.05) is 68.8 Å². The maximum absolute atomic E-state index is 12.2. The fraction of sp³-hybridized carbons (Fsp3) is 0.294. The van der Waals surface area contributed by atoms with E-state index < -0.39 is 11.4 Å². The Labute approximate surface area is 286 Å². The minimum Gasteiger partial charge on any atom is -0.487 e. The molecule has 0 aliphatic heterocycles. The lowest BCUT2D eigenvalue weighted by Crippen LogP contribution is -2.28. The van der Waals surface area contributed by atoms with Crippen LogP contribution in [0.1, 0.15) is 51.6 Å². The number of para-hydroxylation sites is 1. The minimum absolute atomic E-state index is 0.0899.